The largest absolute Gasteiger partial charge is 0.480 e. The Morgan fingerprint density at radius 1 is 1.23 bits per heavy atom. The number of fused-ring (bicyclic) bond motifs is 1. The van der Waals surface area contributed by atoms with Gasteiger partial charge in [0.2, 0.25) is 0 Å². The molecule has 0 radical (unpaired) electrons. The van der Waals surface area contributed by atoms with Crippen molar-refractivity contribution < 1.29 is 14.6 Å². The van der Waals surface area contributed by atoms with Crippen molar-refractivity contribution in [3.63, 3.8) is 0 Å². The fourth-order valence-corrected chi connectivity index (χ4v) is 4.96. The highest BCUT2D eigenvalue weighted by molar-refractivity contribution is 5.75. The topological polar surface area (TPSA) is 62.7 Å². The third kappa shape index (κ3) is 5.52. The second kappa shape index (κ2) is 10.4. The fourth-order valence-electron chi connectivity index (χ4n) is 4.96. The zero-order chi connectivity index (χ0) is 21.6. The van der Waals surface area contributed by atoms with Crippen LogP contribution in [0.1, 0.15) is 66.2 Å². The maximum Gasteiger partial charge on any atom is 0.325 e. The smallest absolute Gasteiger partial charge is 0.325 e. The molecule has 1 unspecified atom stereocenters. The summed E-state index contributed by atoms with van der Waals surface area (Å²) in [7, 11) is 0. The van der Waals surface area contributed by atoms with Gasteiger partial charge in [-0.25, -0.2) is 0 Å². The minimum absolute atomic E-state index is 0.120. The van der Waals surface area contributed by atoms with Crippen LogP contribution in [0.3, 0.4) is 0 Å². The van der Waals surface area contributed by atoms with Crippen LogP contribution in [0.2, 0.25) is 0 Å². The molecule has 2 atom stereocenters. The molecule has 0 spiro atoms. The molecule has 2 aromatic rings. The highest BCUT2D eigenvalue weighted by Gasteiger charge is 2.33. The zero-order valence-electron chi connectivity index (χ0n) is 18.6. The molecule has 0 amide bonds. The van der Waals surface area contributed by atoms with Crippen LogP contribution in [0.5, 0.6) is 0 Å². The normalized spacial score (nSPS) is 19.8. The first-order chi connectivity index (χ1) is 15.1. The van der Waals surface area contributed by atoms with Gasteiger partial charge >= 0.3 is 5.97 Å². The van der Waals surface area contributed by atoms with Gasteiger partial charge in [0, 0.05) is 31.1 Å². The van der Waals surface area contributed by atoms with E-state index in [-0.39, 0.29) is 6.10 Å². The van der Waals surface area contributed by atoms with E-state index in [2.05, 4.69) is 13.0 Å². The van der Waals surface area contributed by atoms with Gasteiger partial charge in [-0.05, 0) is 75.0 Å². The first-order valence-electron chi connectivity index (χ1n) is 11.7. The number of benzene rings is 1. The van der Waals surface area contributed by atoms with Crippen LogP contribution in [0, 0.1) is 6.92 Å². The third-order valence-electron chi connectivity index (χ3n) is 6.65. The van der Waals surface area contributed by atoms with E-state index in [0.29, 0.717) is 6.54 Å². The van der Waals surface area contributed by atoms with E-state index in [1.165, 1.54) is 41.8 Å². The maximum absolute atomic E-state index is 11.9. The van der Waals surface area contributed by atoms with Crippen molar-refractivity contribution in [1.29, 1.82) is 0 Å². The summed E-state index contributed by atoms with van der Waals surface area (Å²) in [6.45, 7) is 4.35. The van der Waals surface area contributed by atoms with Crippen LogP contribution in [0.15, 0.2) is 36.4 Å². The Balaban J connectivity index is 1.21. The monoisotopic (exact) mass is 422 g/mol. The quantitative estimate of drug-likeness (QED) is 0.603. The molecule has 1 aliphatic carbocycles. The summed E-state index contributed by atoms with van der Waals surface area (Å²) < 4.78 is 6.10. The van der Waals surface area contributed by atoms with E-state index in [1.54, 1.807) is 0 Å². The Bertz CT molecular complexity index is 884. The van der Waals surface area contributed by atoms with E-state index >= 15 is 0 Å². The highest BCUT2D eigenvalue weighted by Crippen LogP contribution is 2.27. The molecule has 1 aliphatic heterocycles. The van der Waals surface area contributed by atoms with Gasteiger partial charge in [0.05, 0.1) is 6.10 Å². The van der Waals surface area contributed by atoms with Crippen LogP contribution in [-0.4, -0.2) is 46.8 Å². The summed E-state index contributed by atoms with van der Waals surface area (Å²) in [5.41, 5.74) is 6.19. The van der Waals surface area contributed by atoms with E-state index in [0.717, 1.165) is 50.8 Å². The molecular weight excluding hydrogens is 388 g/mol. The summed E-state index contributed by atoms with van der Waals surface area (Å²) in [6.07, 6.45) is 8.97. The van der Waals surface area contributed by atoms with Gasteiger partial charge in [-0.2, -0.15) is 0 Å². The molecule has 1 N–H and O–H groups in total. The summed E-state index contributed by atoms with van der Waals surface area (Å²) in [5.74, 6) is -0.792. The molecule has 2 heterocycles. The van der Waals surface area contributed by atoms with Gasteiger partial charge in [0.25, 0.3) is 0 Å². The minimum atomic E-state index is -0.792. The Kier molecular flexibility index (Phi) is 7.36. The molecule has 1 saturated heterocycles. The maximum atomic E-state index is 11.9. The third-order valence-corrected chi connectivity index (χ3v) is 6.65. The van der Waals surface area contributed by atoms with Gasteiger partial charge in [-0.1, -0.05) is 36.4 Å². The zero-order valence-corrected chi connectivity index (χ0v) is 18.6. The first-order valence-corrected chi connectivity index (χ1v) is 11.7. The Morgan fingerprint density at radius 3 is 2.84 bits per heavy atom. The molecule has 4 rings (SSSR count). The summed E-state index contributed by atoms with van der Waals surface area (Å²) >= 11 is 0. The molecule has 5 nitrogen and oxygen atoms in total. The van der Waals surface area contributed by atoms with Crippen LogP contribution < -0.4 is 0 Å². The Hall–Kier alpha value is -2.24. The van der Waals surface area contributed by atoms with Crippen molar-refractivity contribution in [2.75, 3.05) is 19.7 Å². The Labute approximate surface area is 185 Å². The lowest BCUT2D eigenvalue weighted by molar-refractivity contribution is -0.143. The fraction of sp³-hybridized carbons (Fsp3) is 0.538. The van der Waals surface area contributed by atoms with Gasteiger partial charge in [0.1, 0.15) is 6.04 Å². The number of carbonyl (C=O) groups is 1. The molecule has 0 bridgehead atoms. The lowest BCUT2D eigenvalue weighted by Crippen LogP contribution is -2.33. The van der Waals surface area contributed by atoms with E-state index < -0.39 is 12.0 Å². The number of carboxylic acids is 1. The van der Waals surface area contributed by atoms with Crippen LogP contribution in [-0.2, 0) is 28.8 Å². The number of hydrogen-bond acceptors (Lipinski definition) is 4. The minimum Gasteiger partial charge on any atom is -0.480 e. The molecule has 2 aliphatic rings. The van der Waals surface area contributed by atoms with Crippen molar-refractivity contribution in [3.8, 4) is 0 Å². The second-order valence-corrected chi connectivity index (χ2v) is 8.95. The Morgan fingerprint density at radius 2 is 2.03 bits per heavy atom. The van der Waals surface area contributed by atoms with E-state index in [9.17, 15) is 9.90 Å². The van der Waals surface area contributed by atoms with Gasteiger partial charge < -0.3 is 9.84 Å². The molecular formula is C26H34N2O3. The molecule has 5 heteroatoms. The number of carboxylic acid groups (broad SMARTS) is 1. The number of aromatic nitrogens is 1. The van der Waals surface area contributed by atoms with E-state index in [4.69, 9.17) is 9.72 Å². The average Bonchev–Trinajstić information content (AvgIpc) is 3.22. The van der Waals surface area contributed by atoms with Crippen molar-refractivity contribution in [3.05, 3.63) is 64.5 Å². The molecule has 166 valence electrons. The number of rotatable bonds is 9. The standard InChI is InChI=1S/C26H34N2O3/c1-19-17-21-11-5-6-13-24(21)27-23(19)12-7-8-16-31-22-14-15-28(18-22)25(26(29)30)20-9-3-2-4-10-20/h2-4,9-10,17,22,25H,5-8,11-16,18H2,1H3,(H,29,30)/t22-,25?/m1/s1. The number of nitrogens with zero attached hydrogens (tertiary/aromatic N) is 2. The van der Waals surface area contributed by atoms with Crippen LogP contribution >= 0.6 is 0 Å². The molecule has 31 heavy (non-hydrogen) atoms. The molecule has 1 aromatic heterocycles. The van der Waals surface area contributed by atoms with Gasteiger partial charge in [-0.3, -0.25) is 14.7 Å². The van der Waals surface area contributed by atoms with Gasteiger partial charge in [0.15, 0.2) is 0 Å². The number of aryl methyl sites for hydroxylation is 4. The number of ether oxygens (including phenoxy) is 1. The number of pyridine rings is 1. The van der Waals surface area contributed by atoms with Crippen LogP contribution in [0.25, 0.3) is 0 Å². The van der Waals surface area contributed by atoms with Crippen molar-refractivity contribution in [2.24, 2.45) is 0 Å². The summed E-state index contributed by atoms with van der Waals surface area (Å²) in [5, 5.41) is 9.74. The van der Waals surface area contributed by atoms with Crippen molar-refractivity contribution >= 4 is 5.97 Å². The number of hydrogen-bond donors (Lipinski definition) is 1. The average molecular weight is 423 g/mol. The highest BCUT2D eigenvalue weighted by atomic mass is 16.5. The van der Waals surface area contributed by atoms with Gasteiger partial charge in [-0.15, -0.1) is 0 Å². The lowest BCUT2D eigenvalue weighted by Gasteiger charge is -2.24. The first kappa shape index (κ1) is 22.0. The summed E-state index contributed by atoms with van der Waals surface area (Å²) in [6, 6.07) is 11.3. The number of likely N-dealkylation sites (tertiary alicyclic amines) is 1. The van der Waals surface area contributed by atoms with Crippen molar-refractivity contribution in [2.45, 2.75) is 70.4 Å². The molecule has 1 aromatic carbocycles. The predicted octanol–water partition coefficient (Wildman–Crippen LogP) is 4.51. The SMILES string of the molecule is Cc1cc2c(nc1CCCCO[C@@H]1CCN(C(C(=O)O)c3ccccc3)C1)CCCC2. The second-order valence-electron chi connectivity index (χ2n) is 8.95. The number of aliphatic carboxylic acids is 1. The number of unbranched alkanes of at least 4 members (excludes halogenated alkanes) is 1. The van der Waals surface area contributed by atoms with E-state index in [1.807, 2.05) is 35.2 Å². The summed E-state index contributed by atoms with van der Waals surface area (Å²) in [4.78, 5) is 18.8. The molecule has 0 saturated carbocycles. The van der Waals surface area contributed by atoms with Crippen LogP contribution in [0.4, 0.5) is 0 Å². The lowest BCUT2D eigenvalue weighted by atomic mass is 9.93. The molecule has 1 fully saturated rings. The predicted molar refractivity (Wildman–Crippen MR) is 121 cm³/mol. The van der Waals surface area contributed by atoms with Crippen molar-refractivity contribution in [1.82, 2.24) is 9.88 Å².